The molecule has 2 amide bonds. The van der Waals surface area contributed by atoms with Gasteiger partial charge in [-0.1, -0.05) is 23.2 Å². The molecule has 3 aromatic rings. The van der Waals surface area contributed by atoms with E-state index < -0.39 is 11.8 Å². The number of hydrogen-bond donors (Lipinski definition) is 2. The largest absolute Gasteiger partial charge is 0.454 e. The molecule has 9 nitrogen and oxygen atoms in total. The highest BCUT2D eigenvalue weighted by Gasteiger charge is 2.30. The van der Waals surface area contributed by atoms with Gasteiger partial charge in [-0.05, 0) is 41.9 Å². The van der Waals surface area contributed by atoms with Crippen LogP contribution in [0.4, 0.5) is 5.69 Å². The van der Waals surface area contributed by atoms with Crippen molar-refractivity contribution in [3.05, 3.63) is 56.4 Å². The second-order valence-electron chi connectivity index (χ2n) is 7.00. The van der Waals surface area contributed by atoms with Crippen molar-refractivity contribution in [3.8, 4) is 17.3 Å². The van der Waals surface area contributed by atoms with E-state index in [-0.39, 0.29) is 46.4 Å². The summed E-state index contributed by atoms with van der Waals surface area (Å²) in [4.78, 5) is 30.4. The number of carbonyl (C=O) groups is 2. The van der Waals surface area contributed by atoms with Gasteiger partial charge in [0.15, 0.2) is 17.3 Å². The number of fused-ring (bicyclic) bond motifs is 1. The Balaban J connectivity index is 1.77. The lowest BCUT2D eigenvalue weighted by Crippen LogP contribution is -2.31. The molecule has 2 aromatic heterocycles. The maximum atomic E-state index is 13.3. The molecule has 2 N–H and O–H groups in total. The molecule has 166 valence electrons. The second kappa shape index (κ2) is 8.97. The fourth-order valence-corrected chi connectivity index (χ4v) is 3.89. The molecular formula is C20H16BrCl2N5O4. The summed E-state index contributed by atoms with van der Waals surface area (Å²) in [6.07, 6.45) is 1.53. The highest BCUT2D eigenvalue weighted by molar-refractivity contribution is 9.10. The van der Waals surface area contributed by atoms with Gasteiger partial charge in [-0.25, -0.2) is 9.67 Å². The van der Waals surface area contributed by atoms with Crippen LogP contribution in [0.5, 0.6) is 11.5 Å². The van der Waals surface area contributed by atoms with Crippen LogP contribution in [0.2, 0.25) is 10.0 Å². The molecule has 0 atom stereocenters. The summed E-state index contributed by atoms with van der Waals surface area (Å²) in [7, 11) is 0. The summed E-state index contributed by atoms with van der Waals surface area (Å²) in [6, 6.07) is 6.11. The summed E-state index contributed by atoms with van der Waals surface area (Å²) in [6.45, 7) is 3.55. The van der Waals surface area contributed by atoms with Gasteiger partial charge in [0.1, 0.15) is 15.9 Å². The maximum Gasteiger partial charge on any atom is 0.274 e. The van der Waals surface area contributed by atoms with Gasteiger partial charge >= 0.3 is 0 Å². The summed E-state index contributed by atoms with van der Waals surface area (Å²) < 4.78 is 12.5. The SMILES string of the molecule is CC(C)NC(=O)c1c(NC(=O)c2cc(Br)nn2-c2ncccc2Cl)c(Cl)cc2c1OCO2. The van der Waals surface area contributed by atoms with Gasteiger partial charge in [-0.3, -0.25) is 9.59 Å². The zero-order valence-corrected chi connectivity index (χ0v) is 19.9. The standard InChI is InChI=1S/C20H16BrCl2N5O4/c1-9(2)25-20(30)15-16(11(23)6-13-17(15)32-8-31-13)26-19(29)12-7-14(21)27-28(12)18-10(22)4-3-5-24-18/h3-7,9H,8H2,1-2H3,(H,25,30)(H,26,29). The minimum Gasteiger partial charge on any atom is -0.454 e. The Bertz CT molecular complexity index is 1230. The molecule has 3 heterocycles. The molecule has 0 aliphatic carbocycles. The molecular weight excluding hydrogens is 525 g/mol. The lowest BCUT2D eigenvalue weighted by atomic mass is 10.1. The van der Waals surface area contributed by atoms with Crippen LogP contribution in [0.1, 0.15) is 34.7 Å². The summed E-state index contributed by atoms with van der Waals surface area (Å²) in [5.74, 6) is -0.286. The lowest BCUT2D eigenvalue weighted by Gasteiger charge is -2.17. The number of benzene rings is 1. The number of nitrogens with one attached hydrogen (secondary N) is 2. The molecule has 4 rings (SSSR count). The number of pyridine rings is 1. The first-order valence-electron chi connectivity index (χ1n) is 9.37. The molecule has 12 heteroatoms. The van der Waals surface area contributed by atoms with Crippen molar-refractivity contribution < 1.29 is 19.1 Å². The number of carbonyl (C=O) groups excluding carboxylic acids is 2. The predicted molar refractivity (Wildman–Crippen MR) is 122 cm³/mol. The van der Waals surface area contributed by atoms with Crippen molar-refractivity contribution in [1.29, 1.82) is 0 Å². The van der Waals surface area contributed by atoms with E-state index in [4.69, 9.17) is 32.7 Å². The first-order valence-corrected chi connectivity index (χ1v) is 10.9. The Kier molecular flexibility index (Phi) is 6.27. The monoisotopic (exact) mass is 539 g/mol. The number of halogens is 3. The molecule has 1 aliphatic rings. The van der Waals surface area contributed by atoms with Gasteiger partial charge in [-0.15, -0.1) is 0 Å². The Morgan fingerprint density at radius 1 is 1.19 bits per heavy atom. The molecule has 0 saturated carbocycles. The fourth-order valence-electron chi connectivity index (χ4n) is 3.07. The number of amides is 2. The smallest absolute Gasteiger partial charge is 0.274 e. The predicted octanol–water partition coefficient (Wildman–Crippen LogP) is 4.46. The van der Waals surface area contributed by atoms with E-state index in [1.165, 1.54) is 23.0 Å². The van der Waals surface area contributed by atoms with E-state index in [9.17, 15) is 9.59 Å². The van der Waals surface area contributed by atoms with Gasteiger partial charge in [0.05, 0.1) is 15.7 Å². The van der Waals surface area contributed by atoms with Crippen molar-refractivity contribution >= 4 is 56.6 Å². The molecule has 1 aliphatic heterocycles. The Morgan fingerprint density at radius 2 is 1.97 bits per heavy atom. The molecule has 0 spiro atoms. The van der Waals surface area contributed by atoms with Gasteiger partial charge in [0, 0.05) is 24.4 Å². The highest BCUT2D eigenvalue weighted by atomic mass is 79.9. The van der Waals surface area contributed by atoms with Crippen LogP contribution in [0, 0.1) is 0 Å². The number of ether oxygens (including phenoxy) is 2. The van der Waals surface area contributed by atoms with Crippen molar-refractivity contribution in [2.24, 2.45) is 0 Å². The van der Waals surface area contributed by atoms with Crippen molar-refractivity contribution in [3.63, 3.8) is 0 Å². The third-order valence-electron chi connectivity index (χ3n) is 4.35. The van der Waals surface area contributed by atoms with Crippen LogP contribution in [0.3, 0.4) is 0 Å². The molecule has 0 radical (unpaired) electrons. The second-order valence-corrected chi connectivity index (χ2v) is 8.62. The van der Waals surface area contributed by atoms with E-state index in [1.54, 1.807) is 12.1 Å². The number of anilines is 1. The maximum absolute atomic E-state index is 13.3. The quantitative estimate of drug-likeness (QED) is 0.495. The van der Waals surface area contributed by atoms with Gasteiger partial charge in [0.25, 0.3) is 11.8 Å². The summed E-state index contributed by atoms with van der Waals surface area (Å²) >= 11 is 15.9. The van der Waals surface area contributed by atoms with Gasteiger partial charge < -0.3 is 20.1 Å². The lowest BCUT2D eigenvalue weighted by molar-refractivity contribution is 0.0939. The van der Waals surface area contributed by atoms with Crippen molar-refractivity contribution in [2.75, 3.05) is 12.1 Å². The van der Waals surface area contributed by atoms with Crippen LogP contribution in [0.25, 0.3) is 5.82 Å². The molecule has 0 bridgehead atoms. The number of nitrogens with zero attached hydrogens (tertiary/aromatic N) is 3. The minimum atomic E-state index is -0.593. The third-order valence-corrected chi connectivity index (χ3v) is 5.33. The topological polar surface area (TPSA) is 107 Å². The van der Waals surface area contributed by atoms with Crippen LogP contribution in [-0.4, -0.2) is 39.4 Å². The fraction of sp³-hybridized carbons (Fsp3) is 0.200. The zero-order chi connectivity index (χ0) is 23.0. The molecule has 0 fully saturated rings. The van der Waals surface area contributed by atoms with Crippen molar-refractivity contribution in [2.45, 2.75) is 19.9 Å². The first-order chi connectivity index (χ1) is 15.3. The third kappa shape index (κ3) is 4.25. The molecule has 0 saturated heterocycles. The summed E-state index contributed by atoms with van der Waals surface area (Å²) in [5, 5.41) is 10.1. The van der Waals surface area contributed by atoms with Crippen LogP contribution < -0.4 is 20.1 Å². The van der Waals surface area contributed by atoms with Gasteiger partial charge in [0.2, 0.25) is 6.79 Å². The number of hydrogen-bond acceptors (Lipinski definition) is 6. The van der Waals surface area contributed by atoms with E-state index in [2.05, 4.69) is 36.6 Å². The van der Waals surface area contributed by atoms with E-state index in [1.807, 2.05) is 13.8 Å². The Hall–Kier alpha value is -2.82. The molecule has 1 aromatic carbocycles. The molecule has 0 unspecified atom stereocenters. The Morgan fingerprint density at radius 3 is 2.69 bits per heavy atom. The molecule has 32 heavy (non-hydrogen) atoms. The van der Waals surface area contributed by atoms with E-state index >= 15 is 0 Å². The number of aromatic nitrogens is 3. The summed E-state index contributed by atoms with van der Waals surface area (Å²) in [5.41, 5.74) is 0.254. The average molecular weight is 541 g/mol. The van der Waals surface area contributed by atoms with E-state index in [0.29, 0.717) is 15.4 Å². The van der Waals surface area contributed by atoms with Gasteiger partial charge in [-0.2, -0.15) is 5.10 Å². The normalized spacial score (nSPS) is 12.2. The van der Waals surface area contributed by atoms with Crippen LogP contribution in [0.15, 0.2) is 35.1 Å². The van der Waals surface area contributed by atoms with Crippen LogP contribution in [-0.2, 0) is 0 Å². The average Bonchev–Trinajstić information content (AvgIpc) is 3.34. The minimum absolute atomic E-state index is 0.0630. The van der Waals surface area contributed by atoms with Crippen LogP contribution >= 0.6 is 39.1 Å². The first kappa shape index (κ1) is 22.4. The van der Waals surface area contributed by atoms with Crippen molar-refractivity contribution in [1.82, 2.24) is 20.1 Å². The Labute approximate surface area is 201 Å². The zero-order valence-electron chi connectivity index (χ0n) is 16.8. The highest BCUT2D eigenvalue weighted by Crippen LogP contribution is 2.44. The van der Waals surface area contributed by atoms with E-state index in [0.717, 1.165) is 0 Å². The number of rotatable bonds is 5.